The number of nitrogens with zero attached hydrogens (tertiary/aromatic N) is 3. The molecule has 1 aromatic heterocycles. The summed E-state index contributed by atoms with van der Waals surface area (Å²) in [7, 11) is 0. The molecule has 0 radical (unpaired) electrons. The Hall–Kier alpha value is -2.66. The van der Waals surface area contributed by atoms with Crippen LogP contribution in [0.3, 0.4) is 0 Å². The zero-order chi connectivity index (χ0) is 20.2. The van der Waals surface area contributed by atoms with Crippen LogP contribution in [-0.2, 0) is 0 Å². The summed E-state index contributed by atoms with van der Waals surface area (Å²) in [6, 6.07) is 25.9. The molecule has 1 heterocycles. The minimum Gasteiger partial charge on any atom is -0.284 e. The van der Waals surface area contributed by atoms with Crippen LogP contribution in [0, 0.1) is 0 Å². The topological polar surface area (TPSA) is 29.6 Å². The van der Waals surface area contributed by atoms with Crippen molar-refractivity contribution >= 4 is 40.3 Å². The van der Waals surface area contributed by atoms with Gasteiger partial charge in [-0.1, -0.05) is 77.8 Å². The van der Waals surface area contributed by atoms with E-state index in [1.54, 1.807) is 23.5 Å². The van der Waals surface area contributed by atoms with E-state index in [2.05, 4.69) is 44.4 Å². The number of thiazole rings is 1. The molecule has 0 aliphatic heterocycles. The molecule has 0 saturated heterocycles. The van der Waals surface area contributed by atoms with Gasteiger partial charge in [0.05, 0.1) is 21.5 Å². The van der Waals surface area contributed by atoms with Gasteiger partial charge in [0.25, 0.3) is 0 Å². The van der Waals surface area contributed by atoms with Crippen molar-refractivity contribution in [1.82, 2.24) is 4.57 Å². The molecule has 0 N–H and O–H groups in total. The van der Waals surface area contributed by atoms with Gasteiger partial charge in [-0.25, -0.2) is 0 Å². The molecule has 3 aromatic carbocycles. The van der Waals surface area contributed by atoms with Gasteiger partial charge in [-0.05, 0) is 42.3 Å². The summed E-state index contributed by atoms with van der Waals surface area (Å²) >= 11 is 13.7. The lowest BCUT2D eigenvalue weighted by molar-refractivity contribution is 0.970. The highest BCUT2D eigenvalue weighted by Gasteiger charge is 2.10. The number of benzene rings is 3. The largest absolute Gasteiger partial charge is 0.284 e. The second kappa shape index (κ2) is 8.78. The quantitative estimate of drug-likeness (QED) is 0.247. The third kappa shape index (κ3) is 4.35. The molecular formula is C23H17Cl2N3S. The van der Waals surface area contributed by atoms with Gasteiger partial charge < -0.3 is 0 Å². The summed E-state index contributed by atoms with van der Waals surface area (Å²) in [6.07, 6.45) is 0. The summed E-state index contributed by atoms with van der Waals surface area (Å²) in [5.74, 6) is 0. The molecule has 144 valence electrons. The molecule has 0 saturated carbocycles. The van der Waals surface area contributed by atoms with Crippen molar-refractivity contribution in [1.29, 1.82) is 0 Å². The SMILES string of the molecule is C/C(=N\N=c1\scc(-c2ccccc2)n1-c1ccccc1)c1ccc(Cl)c(Cl)c1. The van der Waals surface area contributed by atoms with Crippen molar-refractivity contribution in [3.05, 3.63) is 105 Å². The lowest BCUT2D eigenvalue weighted by Gasteiger charge is -2.08. The molecule has 0 aliphatic rings. The van der Waals surface area contributed by atoms with Crippen molar-refractivity contribution in [3.8, 4) is 16.9 Å². The maximum absolute atomic E-state index is 6.13. The highest BCUT2D eigenvalue weighted by Crippen LogP contribution is 2.24. The molecule has 0 spiro atoms. The second-order valence-corrected chi connectivity index (χ2v) is 8.01. The summed E-state index contributed by atoms with van der Waals surface area (Å²) in [5, 5.41) is 12.1. The molecule has 29 heavy (non-hydrogen) atoms. The van der Waals surface area contributed by atoms with Crippen LogP contribution in [0.1, 0.15) is 12.5 Å². The smallest absolute Gasteiger partial charge is 0.215 e. The first-order valence-corrected chi connectivity index (χ1v) is 10.6. The molecule has 0 amide bonds. The third-order valence-electron chi connectivity index (χ3n) is 4.42. The van der Waals surface area contributed by atoms with E-state index in [4.69, 9.17) is 23.2 Å². The van der Waals surface area contributed by atoms with Crippen LogP contribution in [-0.4, -0.2) is 10.3 Å². The van der Waals surface area contributed by atoms with Crippen molar-refractivity contribution < 1.29 is 0 Å². The average molecular weight is 438 g/mol. The lowest BCUT2D eigenvalue weighted by atomic mass is 10.1. The van der Waals surface area contributed by atoms with E-state index in [-0.39, 0.29) is 0 Å². The predicted octanol–water partition coefficient (Wildman–Crippen LogP) is 6.84. The number of halogens is 2. The Kier molecular flexibility index (Phi) is 5.95. The van der Waals surface area contributed by atoms with E-state index in [0.29, 0.717) is 10.0 Å². The number of hydrogen-bond acceptors (Lipinski definition) is 3. The molecule has 0 unspecified atom stereocenters. The summed E-state index contributed by atoms with van der Waals surface area (Å²) in [4.78, 5) is 0.787. The molecular weight excluding hydrogens is 421 g/mol. The van der Waals surface area contributed by atoms with Gasteiger partial charge in [-0.2, -0.15) is 5.10 Å². The lowest BCUT2D eigenvalue weighted by Crippen LogP contribution is -2.13. The normalized spacial score (nSPS) is 12.4. The highest BCUT2D eigenvalue weighted by molar-refractivity contribution is 7.07. The molecule has 0 aliphatic carbocycles. The van der Waals surface area contributed by atoms with Crippen LogP contribution in [0.25, 0.3) is 16.9 Å². The molecule has 0 fully saturated rings. The van der Waals surface area contributed by atoms with Crippen LogP contribution in [0.4, 0.5) is 0 Å². The van der Waals surface area contributed by atoms with Crippen LogP contribution < -0.4 is 4.80 Å². The van der Waals surface area contributed by atoms with Crippen molar-refractivity contribution in [2.75, 3.05) is 0 Å². The van der Waals surface area contributed by atoms with E-state index in [9.17, 15) is 0 Å². The Bertz CT molecular complexity index is 1230. The summed E-state index contributed by atoms with van der Waals surface area (Å²) in [6.45, 7) is 1.90. The van der Waals surface area contributed by atoms with E-state index in [0.717, 1.165) is 33.0 Å². The average Bonchev–Trinajstić information content (AvgIpc) is 3.19. The third-order valence-corrected chi connectivity index (χ3v) is 5.97. The Balaban J connectivity index is 1.83. The van der Waals surface area contributed by atoms with Crippen LogP contribution in [0.2, 0.25) is 10.0 Å². The zero-order valence-corrected chi connectivity index (χ0v) is 17.9. The van der Waals surface area contributed by atoms with Gasteiger partial charge in [-0.15, -0.1) is 16.4 Å². The Morgan fingerprint density at radius 3 is 2.24 bits per heavy atom. The number of para-hydroxylation sites is 1. The van der Waals surface area contributed by atoms with Gasteiger partial charge in [0.2, 0.25) is 4.80 Å². The van der Waals surface area contributed by atoms with Crippen LogP contribution in [0.5, 0.6) is 0 Å². The first-order valence-electron chi connectivity index (χ1n) is 8.98. The van der Waals surface area contributed by atoms with E-state index < -0.39 is 0 Å². The molecule has 0 bridgehead atoms. The van der Waals surface area contributed by atoms with E-state index in [1.165, 1.54) is 0 Å². The fraction of sp³-hybridized carbons (Fsp3) is 0.0435. The van der Waals surface area contributed by atoms with E-state index >= 15 is 0 Å². The number of rotatable bonds is 4. The molecule has 3 nitrogen and oxygen atoms in total. The van der Waals surface area contributed by atoms with Crippen LogP contribution >= 0.6 is 34.5 Å². The molecule has 6 heteroatoms. The first kappa shape index (κ1) is 19.6. The Labute approximate surface area is 183 Å². The minimum atomic E-state index is 0.501. The fourth-order valence-corrected chi connectivity index (χ4v) is 4.07. The van der Waals surface area contributed by atoms with Gasteiger partial charge in [0.15, 0.2) is 0 Å². The highest BCUT2D eigenvalue weighted by atomic mass is 35.5. The Morgan fingerprint density at radius 2 is 1.55 bits per heavy atom. The molecule has 0 atom stereocenters. The predicted molar refractivity (Wildman–Crippen MR) is 123 cm³/mol. The maximum Gasteiger partial charge on any atom is 0.215 e. The standard InChI is InChI=1S/C23H17Cl2N3S/c1-16(18-12-13-20(24)21(25)14-18)26-27-23-28(19-10-6-3-7-11-19)22(15-29-23)17-8-4-2-5-9-17/h2-15H,1H3/b26-16+,27-23+. The van der Waals surface area contributed by atoms with Crippen LogP contribution in [0.15, 0.2) is 94.4 Å². The minimum absolute atomic E-state index is 0.501. The molecule has 4 rings (SSSR count). The molecule has 4 aromatic rings. The second-order valence-electron chi connectivity index (χ2n) is 6.35. The monoisotopic (exact) mass is 437 g/mol. The van der Waals surface area contributed by atoms with Gasteiger partial charge in [0, 0.05) is 11.1 Å². The maximum atomic E-state index is 6.13. The van der Waals surface area contributed by atoms with E-state index in [1.807, 2.05) is 49.4 Å². The van der Waals surface area contributed by atoms with Crippen molar-refractivity contribution in [3.63, 3.8) is 0 Å². The van der Waals surface area contributed by atoms with Crippen molar-refractivity contribution in [2.24, 2.45) is 10.2 Å². The zero-order valence-electron chi connectivity index (χ0n) is 15.6. The van der Waals surface area contributed by atoms with Gasteiger partial charge in [0.1, 0.15) is 0 Å². The summed E-state index contributed by atoms with van der Waals surface area (Å²) in [5.41, 5.74) is 4.88. The Morgan fingerprint density at radius 1 is 0.862 bits per heavy atom. The first-order chi connectivity index (χ1) is 14.1. The number of aromatic nitrogens is 1. The fourth-order valence-electron chi connectivity index (χ4n) is 2.91. The van der Waals surface area contributed by atoms with Gasteiger partial charge in [-0.3, -0.25) is 4.57 Å². The number of hydrogen-bond donors (Lipinski definition) is 0. The summed E-state index contributed by atoms with van der Waals surface area (Å²) < 4.78 is 2.12. The van der Waals surface area contributed by atoms with Gasteiger partial charge >= 0.3 is 0 Å². The van der Waals surface area contributed by atoms with Crippen molar-refractivity contribution in [2.45, 2.75) is 6.92 Å².